The van der Waals surface area contributed by atoms with Gasteiger partial charge in [-0.05, 0) is 42.4 Å². The molecule has 0 bridgehead atoms. The monoisotopic (exact) mass is 410 g/mol. The maximum absolute atomic E-state index is 13.1. The molecule has 28 heavy (non-hydrogen) atoms. The summed E-state index contributed by atoms with van der Waals surface area (Å²) in [6.07, 6.45) is 0. The van der Waals surface area contributed by atoms with Gasteiger partial charge >= 0.3 is 0 Å². The Balaban J connectivity index is 1.77. The number of rotatable bonds is 2. The number of carbonyl (C=O) groups is 2. The minimum Gasteiger partial charge on any atom is -0.337 e. The molecular formula is C20H18N4O2S2. The highest BCUT2D eigenvalue weighted by atomic mass is 32.2. The first-order valence-electron chi connectivity index (χ1n) is 8.64. The van der Waals surface area contributed by atoms with Crippen LogP contribution in [0.2, 0.25) is 0 Å². The first kappa shape index (κ1) is 18.6. The molecule has 0 spiro atoms. The number of fused-ring (bicyclic) bond motifs is 1. The molecule has 2 aliphatic heterocycles. The van der Waals surface area contributed by atoms with E-state index in [0.717, 1.165) is 26.9 Å². The van der Waals surface area contributed by atoms with Gasteiger partial charge in [0.25, 0.3) is 5.91 Å². The standard InChI is InChI=1S/C20H18N4O2S2/c1-12-8-4-5-9-14(12)21-20-24(22-13(2)25)18(26)17(28-20)19-23(3)15-10-6-7-11-16(15)27-19/h4-11H,1-3H3,(H,22,25). The lowest BCUT2D eigenvalue weighted by Crippen LogP contribution is -2.44. The van der Waals surface area contributed by atoms with E-state index in [1.807, 2.05) is 67.4 Å². The molecule has 2 aromatic carbocycles. The molecule has 0 aromatic heterocycles. The topological polar surface area (TPSA) is 65.0 Å². The molecule has 142 valence electrons. The molecule has 1 fully saturated rings. The van der Waals surface area contributed by atoms with Gasteiger partial charge in [0.15, 0.2) is 5.17 Å². The van der Waals surface area contributed by atoms with Crippen molar-refractivity contribution < 1.29 is 9.59 Å². The first-order valence-corrected chi connectivity index (χ1v) is 10.3. The largest absolute Gasteiger partial charge is 0.337 e. The average molecular weight is 411 g/mol. The number of amidine groups is 1. The van der Waals surface area contributed by atoms with E-state index in [1.165, 1.54) is 23.7 Å². The van der Waals surface area contributed by atoms with E-state index in [0.29, 0.717) is 10.1 Å². The van der Waals surface area contributed by atoms with Crippen LogP contribution >= 0.6 is 23.5 Å². The molecule has 2 amide bonds. The number of aliphatic imine (C=N–C) groups is 1. The van der Waals surface area contributed by atoms with Gasteiger partial charge in [0, 0.05) is 18.9 Å². The molecule has 0 unspecified atom stereocenters. The van der Waals surface area contributed by atoms with Gasteiger partial charge < -0.3 is 4.90 Å². The summed E-state index contributed by atoms with van der Waals surface area (Å²) in [5, 5.41) is 2.50. The summed E-state index contributed by atoms with van der Waals surface area (Å²) < 4.78 is 0. The van der Waals surface area contributed by atoms with Gasteiger partial charge in [0.1, 0.15) is 4.91 Å². The van der Waals surface area contributed by atoms with Crippen LogP contribution in [0.25, 0.3) is 0 Å². The Morgan fingerprint density at radius 2 is 1.79 bits per heavy atom. The third-order valence-electron chi connectivity index (χ3n) is 4.31. The number of hydrogen-bond acceptors (Lipinski definition) is 6. The molecule has 0 aliphatic carbocycles. The predicted molar refractivity (Wildman–Crippen MR) is 114 cm³/mol. The summed E-state index contributed by atoms with van der Waals surface area (Å²) in [5.41, 5.74) is 5.41. The van der Waals surface area contributed by atoms with Crippen LogP contribution in [-0.2, 0) is 9.59 Å². The number of thioether (sulfide) groups is 2. The third-order valence-corrected chi connectivity index (χ3v) is 6.71. The van der Waals surface area contributed by atoms with E-state index in [-0.39, 0.29) is 11.8 Å². The van der Waals surface area contributed by atoms with Crippen LogP contribution in [0.5, 0.6) is 0 Å². The number of aryl methyl sites for hydroxylation is 1. The van der Waals surface area contributed by atoms with Crippen LogP contribution in [0.3, 0.4) is 0 Å². The first-order chi connectivity index (χ1) is 13.5. The maximum Gasteiger partial charge on any atom is 0.288 e. The molecule has 2 heterocycles. The fraction of sp³-hybridized carbons (Fsp3) is 0.150. The van der Waals surface area contributed by atoms with Crippen molar-refractivity contribution in [2.75, 3.05) is 11.9 Å². The fourth-order valence-electron chi connectivity index (χ4n) is 2.93. The summed E-state index contributed by atoms with van der Waals surface area (Å²) >= 11 is 2.82. The Kier molecular flexibility index (Phi) is 4.91. The zero-order valence-corrected chi connectivity index (χ0v) is 17.2. The molecule has 1 saturated heterocycles. The smallest absolute Gasteiger partial charge is 0.288 e. The van der Waals surface area contributed by atoms with E-state index < -0.39 is 0 Å². The Hall–Kier alpha value is -2.71. The number of hydrazine groups is 1. The maximum atomic E-state index is 13.1. The van der Waals surface area contributed by atoms with E-state index in [4.69, 9.17) is 0 Å². The quantitative estimate of drug-likeness (QED) is 0.758. The van der Waals surface area contributed by atoms with E-state index in [1.54, 1.807) is 11.8 Å². The van der Waals surface area contributed by atoms with Gasteiger partial charge in [-0.3, -0.25) is 15.0 Å². The lowest BCUT2D eigenvalue weighted by molar-refractivity contribution is -0.132. The molecule has 6 nitrogen and oxygen atoms in total. The van der Waals surface area contributed by atoms with Crippen molar-refractivity contribution in [2.45, 2.75) is 18.7 Å². The highest BCUT2D eigenvalue weighted by molar-refractivity contribution is 8.19. The average Bonchev–Trinajstić information content (AvgIpc) is 3.15. The number of anilines is 1. The molecule has 0 saturated carbocycles. The number of hydrogen-bond donors (Lipinski definition) is 1. The van der Waals surface area contributed by atoms with Gasteiger partial charge in [0.05, 0.1) is 16.4 Å². The molecule has 2 aromatic rings. The third kappa shape index (κ3) is 3.29. The van der Waals surface area contributed by atoms with Crippen molar-refractivity contribution in [1.82, 2.24) is 10.4 Å². The van der Waals surface area contributed by atoms with Crippen molar-refractivity contribution in [1.29, 1.82) is 0 Å². The van der Waals surface area contributed by atoms with E-state index in [2.05, 4.69) is 10.4 Å². The number of nitrogens with one attached hydrogen (secondary N) is 1. The number of para-hydroxylation sites is 2. The van der Waals surface area contributed by atoms with Crippen LogP contribution in [0.15, 0.2) is 68.4 Å². The Labute approximate surface area is 171 Å². The Morgan fingerprint density at radius 1 is 1.07 bits per heavy atom. The summed E-state index contributed by atoms with van der Waals surface area (Å²) in [7, 11) is 1.94. The van der Waals surface area contributed by atoms with Crippen LogP contribution in [-0.4, -0.2) is 29.0 Å². The minimum atomic E-state index is -0.326. The second-order valence-corrected chi connectivity index (χ2v) is 8.36. The van der Waals surface area contributed by atoms with Crippen molar-refractivity contribution in [3.05, 3.63) is 64.0 Å². The predicted octanol–water partition coefficient (Wildman–Crippen LogP) is 4.02. The minimum absolute atomic E-state index is 0.283. The number of carbonyl (C=O) groups excluding carboxylic acids is 2. The Bertz CT molecular complexity index is 1050. The van der Waals surface area contributed by atoms with Gasteiger partial charge in [-0.25, -0.2) is 4.99 Å². The van der Waals surface area contributed by atoms with Crippen molar-refractivity contribution in [2.24, 2.45) is 4.99 Å². The lowest BCUT2D eigenvalue weighted by Gasteiger charge is -2.16. The number of amides is 2. The van der Waals surface area contributed by atoms with Gasteiger partial charge in [0.2, 0.25) is 5.91 Å². The van der Waals surface area contributed by atoms with Gasteiger partial charge in [-0.2, -0.15) is 5.01 Å². The van der Waals surface area contributed by atoms with Gasteiger partial charge in [-0.15, -0.1) is 0 Å². The van der Waals surface area contributed by atoms with Crippen molar-refractivity contribution >= 4 is 51.9 Å². The molecule has 4 rings (SSSR count). The van der Waals surface area contributed by atoms with Crippen molar-refractivity contribution in [3.8, 4) is 0 Å². The van der Waals surface area contributed by atoms with Crippen LogP contribution in [0.4, 0.5) is 11.4 Å². The number of benzene rings is 2. The second-order valence-electron chi connectivity index (χ2n) is 6.35. The zero-order valence-electron chi connectivity index (χ0n) is 15.6. The van der Waals surface area contributed by atoms with Crippen molar-refractivity contribution in [3.63, 3.8) is 0 Å². The van der Waals surface area contributed by atoms with E-state index in [9.17, 15) is 9.59 Å². The van der Waals surface area contributed by atoms with Gasteiger partial charge in [-0.1, -0.05) is 42.1 Å². The fourth-order valence-corrected chi connectivity index (χ4v) is 5.21. The highest BCUT2D eigenvalue weighted by Crippen LogP contribution is 2.49. The lowest BCUT2D eigenvalue weighted by atomic mass is 10.2. The second kappa shape index (κ2) is 7.37. The molecule has 0 radical (unpaired) electrons. The summed E-state index contributed by atoms with van der Waals surface area (Å²) in [5.74, 6) is -0.608. The van der Waals surface area contributed by atoms with E-state index >= 15 is 0 Å². The molecule has 1 N–H and O–H groups in total. The molecule has 8 heteroatoms. The molecule has 0 atom stereocenters. The summed E-state index contributed by atoms with van der Waals surface area (Å²) in [6.45, 7) is 3.33. The SMILES string of the molecule is CC(=O)NN1C(=O)C(=C2Sc3ccccc3N2C)SC1=Nc1ccccc1C. The van der Waals surface area contributed by atoms with Crippen LogP contribution < -0.4 is 10.3 Å². The summed E-state index contributed by atoms with van der Waals surface area (Å²) in [6, 6.07) is 15.7. The number of nitrogens with zero attached hydrogens (tertiary/aromatic N) is 3. The molecular weight excluding hydrogens is 392 g/mol. The van der Waals surface area contributed by atoms with Crippen LogP contribution in [0, 0.1) is 6.92 Å². The Morgan fingerprint density at radius 3 is 2.50 bits per heavy atom. The van der Waals surface area contributed by atoms with Crippen LogP contribution in [0.1, 0.15) is 12.5 Å². The highest BCUT2D eigenvalue weighted by Gasteiger charge is 2.40. The molecule has 2 aliphatic rings. The zero-order chi connectivity index (χ0) is 19.8. The summed E-state index contributed by atoms with van der Waals surface area (Å²) in [4.78, 5) is 33.1. The normalized spacial score (nSPS) is 20.1.